The van der Waals surface area contributed by atoms with Gasteiger partial charge < -0.3 is 0 Å². The maximum atomic E-state index is 12.7. The maximum Gasteiger partial charge on any atom is 0.240 e. The molecule has 1 aliphatic rings. The van der Waals surface area contributed by atoms with Crippen molar-refractivity contribution in [1.82, 2.24) is 4.31 Å². The second-order valence-corrected chi connectivity index (χ2v) is 9.02. The smallest absolute Gasteiger partial charge is 0.207 e. The molecule has 0 aromatic heterocycles. The fraction of sp³-hybridized carbons (Fsp3) is 0.857. The molecule has 0 aromatic rings. The normalized spacial score (nSPS) is 21.7. The van der Waals surface area contributed by atoms with E-state index in [4.69, 9.17) is 0 Å². The molecule has 0 N–H and O–H groups in total. The van der Waals surface area contributed by atoms with Crippen LogP contribution in [0.15, 0.2) is 10.5 Å². The molecule has 1 aliphatic heterocycles. The Hall–Kier alpha value is -0.350. The lowest BCUT2D eigenvalue weighted by Crippen LogP contribution is -2.30. The average molecular weight is 273 g/mol. The Kier molecular flexibility index (Phi) is 4.05. The molecule has 18 heavy (non-hydrogen) atoms. The number of nitrogens with zero attached hydrogens (tertiary/aromatic N) is 1. The first kappa shape index (κ1) is 15.7. The van der Waals surface area contributed by atoms with Gasteiger partial charge in [0.15, 0.2) is 0 Å². The Labute approximate surface area is 112 Å². The van der Waals surface area contributed by atoms with Crippen LogP contribution in [-0.2, 0) is 10.0 Å². The third-order valence-electron chi connectivity index (χ3n) is 3.27. The number of allylic oxidation sites excluding steroid dienone is 1. The average Bonchev–Trinajstić information content (AvgIpc) is 2.37. The van der Waals surface area contributed by atoms with Gasteiger partial charge in [-0.2, -0.15) is 4.31 Å². The molecule has 1 rings (SSSR count). The molecule has 0 radical (unpaired) electrons. The SMILES string of the molecule is CCCN1CC(C(C)(C)C)=C(C(C)(C)C)S1(=O)=O. The third-order valence-corrected chi connectivity index (χ3v) is 5.63. The molecule has 0 spiro atoms. The minimum atomic E-state index is -3.27. The fourth-order valence-corrected chi connectivity index (χ4v) is 4.92. The van der Waals surface area contributed by atoms with Crippen LogP contribution in [0.5, 0.6) is 0 Å². The maximum absolute atomic E-state index is 12.7. The summed E-state index contributed by atoms with van der Waals surface area (Å²) in [6.07, 6.45) is 0.855. The quantitative estimate of drug-likeness (QED) is 0.773. The predicted octanol–water partition coefficient (Wildman–Crippen LogP) is 3.39. The molecule has 106 valence electrons. The Bertz CT molecular complexity index is 447. The van der Waals surface area contributed by atoms with Gasteiger partial charge in [0.2, 0.25) is 10.0 Å². The molecule has 0 saturated carbocycles. The van der Waals surface area contributed by atoms with Crippen LogP contribution in [0.4, 0.5) is 0 Å². The third kappa shape index (κ3) is 2.80. The lowest BCUT2D eigenvalue weighted by Gasteiger charge is -2.27. The summed E-state index contributed by atoms with van der Waals surface area (Å²) in [4.78, 5) is 0.635. The Morgan fingerprint density at radius 3 is 1.83 bits per heavy atom. The molecule has 0 aliphatic carbocycles. The van der Waals surface area contributed by atoms with E-state index in [2.05, 4.69) is 20.8 Å². The fourth-order valence-electron chi connectivity index (χ4n) is 2.48. The Morgan fingerprint density at radius 2 is 1.56 bits per heavy atom. The summed E-state index contributed by atoms with van der Waals surface area (Å²) >= 11 is 0. The van der Waals surface area contributed by atoms with Crippen LogP contribution in [0.2, 0.25) is 0 Å². The summed E-state index contributed by atoms with van der Waals surface area (Å²) < 4.78 is 26.9. The van der Waals surface area contributed by atoms with Crippen molar-refractivity contribution in [1.29, 1.82) is 0 Å². The first-order valence-electron chi connectivity index (χ1n) is 6.66. The second kappa shape index (κ2) is 4.64. The van der Waals surface area contributed by atoms with Crippen LogP contribution in [0.3, 0.4) is 0 Å². The van der Waals surface area contributed by atoms with E-state index >= 15 is 0 Å². The summed E-state index contributed by atoms with van der Waals surface area (Å²) in [6.45, 7) is 15.4. The molecule has 0 amide bonds. The van der Waals surface area contributed by atoms with E-state index in [-0.39, 0.29) is 10.8 Å². The monoisotopic (exact) mass is 273 g/mol. The first-order chi connectivity index (χ1) is 7.92. The van der Waals surface area contributed by atoms with Gasteiger partial charge >= 0.3 is 0 Å². The summed E-state index contributed by atoms with van der Waals surface area (Å²) in [5.74, 6) is 0. The van der Waals surface area contributed by atoms with Gasteiger partial charge in [-0.1, -0.05) is 48.5 Å². The van der Waals surface area contributed by atoms with Crippen molar-refractivity contribution in [3.05, 3.63) is 10.5 Å². The summed E-state index contributed by atoms with van der Waals surface area (Å²) in [7, 11) is -3.27. The van der Waals surface area contributed by atoms with Gasteiger partial charge in [-0.05, 0) is 22.8 Å². The molecule has 0 aromatic carbocycles. The molecular weight excluding hydrogens is 246 g/mol. The highest BCUT2D eigenvalue weighted by atomic mass is 32.2. The predicted molar refractivity (Wildman–Crippen MR) is 76.7 cm³/mol. The summed E-state index contributed by atoms with van der Waals surface area (Å²) in [5, 5.41) is 0. The van der Waals surface area contributed by atoms with Crippen molar-refractivity contribution in [3.63, 3.8) is 0 Å². The van der Waals surface area contributed by atoms with E-state index in [1.54, 1.807) is 4.31 Å². The molecule has 0 bridgehead atoms. The van der Waals surface area contributed by atoms with Gasteiger partial charge in [0.05, 0.1) is 4.91 Å². The van der Waals surface area contributed by atoms with Crippen LogP contribution < -0.4 is 0 Å². The highest BCUT2D eigenvalue weighted by Crippen LogP contribution is 2.45. The zero-order valence-electron chi connectivity index (χ0n) is 12.8. The van der Waals surface area contributed by atoms with Crippen LogP contribution in [0.25, 0.3) is 0 Å². The van der Waals surface area contributed by atoms with Crippen LogP contribution in [-0.4, -0.2) is 25.8 Å². The number of hydrogen-bond acceptors (Lipinski definition) is 2. The molecule has 4 heteroatoms. The van der Waals surface area contributed by atoms with Crippen LogP contribution in [0.1, 0.15) is 54.9 Å². The van der Waals surface area contributed by atoms with E-state index < -0.39 is 10.0 Å². The van der Waals surface area contributed by atoms with E-state index in [1.807, 2.05) is 27.7 Å². The van der Waals surface area contributed by atoms with Crippen LogP contribution in [0, 0.1) is 10.8 Å². The molecule has 0 saturated heterocycles. The number of sulfonamides is 1. The molecule has 3 nitrogen and oxygen atoms in total. The van der Waals surface area contributed by atoms with Crippen molar-refractivity contribution >= 4 is 10.0 Å². The van der Waals surface area contributed by atoms with Crippen molar-refractivity contribution in [2.24, 2.45) is 10.8 Å². The summed E-state index contributed by atoms with van der Waals surface area (Å²) in [5.41, 5.74) is 0.644. The zero-order chi connectivity index (χ0) is 14.4. The minimum absolute atomic E-state index is 0.0990. The Balaban J connectivity index is 3.41. The zero-order valence-corrected chi connectivity index (χ0v) is 13.6. The molecule has 1 heterocycles. The van der Waals surface area contributed by atoms with Crippen molar-refractivity contribution in [2.45, 2.75) is 54.9 Å². The van der Waals surface area contributed by atoms with Gasteiger partial charge in [0, 0.05) is 13.1 Å². The number of hydrogen-bond donors (Lipinski definition) is 0. The van der Waals surface area contributed by atoms with E-state index in [0.29, 0.717) is 18.0 Å². The largest absolute Gasteiger partial charge is 0.240 e. The van der Waals surface area contributed by atoms with Crippen molar-refractivity contribution in [3.8, 4) is 0 Å². The molecule has 0 fully saturated rings. The molecule has 0 atom stereocenters. The highest BCUT2D eigenvalue weighted by molar-refractivity contribution is 7.93. The van der Waals surface area contributed by atoms with E-state index in [1.165, 1.54) is 0 Å². The molecule has 0 unspecified atom stereocenters. The van der Waals surface area contributed by atoms with Gasteiger partial charge in [0.1, 0.15) is 0 Å². The van der Waals surface area contributed by atoms with E-state index in [9.17, 15) is 8.42 Å². The number of rotatable bonds is 2. The Morgan fingerprint density at radius 1 is 1.06 bits per heavy atom. The summed E-state index contributed by atoms with van der Waals surface area (Å²) in [6, 6.07) is 0. The molecular formula is C14H27NO2S. The highest BCUT2D eigenvalue weighted by Gasteiger charge is 2.45. The second-order valence-electron chi connectivity index (χ2n) is 7.15. The van der Waals surface area contributed by atoms with Gasteiger partial charge in [0.25, 0.3) is 0 Å². The van der Waals surface area contributed by atoms with Crippen molar-refractivity contribution < 1.29 is 8.42 Å². The van der Waals surface area contributed by atoms with Gasteiger partial charge in [-0.25, -0.2) is 8.42 Å². The van der Waals surface area contributed by atoms with Gasteiger partial charge in [-0.3, -0.25) is 0 Å². The first-order valence-corrected chi connectivity index (χ1v) is 8.10. The van der Waals surface area contributed by atoms with E-state index in [0.717, 1.165) is 12.0 Å². The standard InChI is InChI=1S/C14H27NO2S/c1-8-9-15-10-11(13(2,3)4)12(14(5,6)7)18(15,16)17/h8-10H2,1-7H3. The minimum Gasteiger partial charge on any atom is -0.207 e. The lowest BCUT2D eigenvalue weighted by atomic mass is 9.81. The van der Waals surface area contributed by atoms with Crippen molar-refractivity contribution in [2.75, 3.05) is 13.1 Å². The lowest BCUT2D eigenvalue weighted by molar-refractivity contribution is 0.409. The topological polar surface area (TPSA) is 37.4 Å². The van der Waals surface area contributed by atoms with Gasteiger partial charge in [-0.15, -0.1) is 0 Å². The van der Waals surface area contributed by atoms with Crippen LogP contribution >= 0.6 is 0 Å².